The Morgan fingerprint density at radius 1 is 1.53 bits per heavy atom. The van der Waals surface area contributed by atoms with Crippen LogP contribution in [0.25, 0.3) is 0 Å². The minimum atomic E-state index is -3.51. The molecule has 0 aromatic carbocycles. The Kier molecular flexibility index (Phi) is 3.72. The van der Waals surface area contributed by atoms with Gasteiger partial charge < -0.3 is 10.0 Å². The third-order valence-corrected chi connectivity index (χ3v) is 3.39. The van der Waals surface area contributed by atoms with Crippen molar-refractivity contribution in [2.75, 3.05) is 12.8 Å². The lowest BCUT2D eigenvalue weighted by Gasteiger charge is -2.26. The van der Waals surface area contributed by atoms with Gasteiger partial charge in [0.05, 0.1) is 11.9 Å². The number of pyridine rings is 1. The minimum absolute atomic E-state index is 0.140. The zero-order valence-electron chi connectivity index (χ0n) is 10.4. The molecule has 1 aliphatic heterocycles. The van der Waals surface area contributed by atoms with Crippen LogP contribution >= 0.6 is 0 Å². The zero-order valence-corrected chi connectivity index (χ0v) is 11.2. The molecule has 1 aromatic rings. The summed E-state index contributed by atoms with van der Waals surface area (Å²) in [5.41, 5.74) is 2.30. The van der Waals surface area contributed by atoms with Crippen LogP contribution in [0.4, 0.5) is 4.79 Å². The molecule has 0 radical (unpaired) electrons. The van der Waals surface area contributed by atoms with Gasteiger partial charge in [-0.1, -0.05) is 0 Å². The van der Waals surface area contributed by atoms with E-state index in [9.17, 15) is 13.2 Å². The van der Waals surface area contributed by atoms with Gasteiger partial charge in [0.2, 0.25) is 0 Å². The molecule has 0 saturated heterocycles. The van der Waals surface area contributed by atoms with Gasteiger partial charge in [-0.25, -0.2) is 4.79 Å². The number of fused-ring (bicyclic) bond motifs is 1. The fraction of sp³-hybridized carbons (Fsp3) is 0.455. The fourth-order valence-electron chi connectivity index (χ4n) is 1.90. The third-order valence-electron chi connectivity index (χ3n) is 2.84. The highest BCUT2D eigenvalue weighted by atomic mass is 32.2. The van der Waals surface area contributed by atoms with Crippen LogP contribution in [-0.4, -0.2) is 42.3 Å². The van der Waals surface area contributed by atoms with Crippen molar-refractivity contribution in [2.45, 2.75) is 19.6 Å². The zero-order chi connectivity index (χ0) is 14.0. The Morgan fingerprint density at radius 3 is 2.89 bits per heavy atom. The van der Waals surface area contributed by atoms with Gasteiger partial charge in [-0.3, -0.25) is 9.17 Å². The first-order chi connectivity index (χ1) is 8.85. The van der Waals surface area contributed by atoms with Crippen molar-refractivity contribution in [1.29, 1.82) is 0 Å². The molecule has 2 rings (SSSR count). The van der Waals surface area contributed by atoms with Crippen LogP contribution in [-0.2, 0) is 33.9 Å². The lowest BCUT2D eigenvalue weighted by Crippen LogP contribution is -2.34. The van der Waals surface area contributed by atoms with Gasteiger partial charge in [-0.15, -0.1) is 0 Å². The SMILES string of the molecule is CS(=O)(=O)OCc1cc2c(cn1)CCN(C(=O)O)C2. The van der Waals surface area contributed by atoms with Crippen molar-refractivity contribution < 1.29 is 22.5 Å². The van der Waals surface area contributed by atoms with E-state index in [0.717, 1.165) is 17.4 Å². The smallest absolute Gasteiger partial charge is 0.407 e. The van der Waals surface area contributed by atoms with Crippen molar-refractivity contribution in [1.82, 2.24) is 9.88 Å². The maximum atomic E-state index is 10.9. The number of amides is 1. The molecule has 0 bridgehead atoms. The van der Waals surface area contributed by atoms with Crippen molar-refractivity contribution in [3.8, 4) is 0 Å². The van der Waals surface area contributed by atoms with E-state index in [2.05, 4.69) is 9.17 Å². The molecule has 8 heteroatoms. The molecule has 1 amide bonds. The summed E-state index contributed by atoms with van der Waals surface area (Å²) < 4.78 is 26.5. The Bertz CT molecular complexity index is 599. The van der Waals surface area contributed by atoms with Crippen molar-refractivity contribution >= 4 is 16.2 Å². The molecule has 1 aliphatic rings. The predicted octanol–water partition coefficient (Wildman–Crippen LogP) is 0.594. The Morgan fingerprint density at radius 2 is 2.26 bits per heavy atom. The summed E-state index contributed by atoms with van der Waals surface area (Å²) in [6, 6.07) is 1.69. The van der Waals surface area contributed by atoms with Crippen molar-refractivity contribution in [3.05, 3.63) is 29.1 Å². The summed E-state index contributed by atoms with van der Waals surface area (Å²) in [5, 5.41) is 8.95. The molecule has 0 spiro atoms. The first kappa shape index (κ1) is 13.8. The van der Waals surface area contributed by atoms with Gasteiger partial charge in [0.1, 0.15) is 6.61 Å². The van der Waals surface area contributed by atoms with Gasteiger partial charge in [-0.2, -0.15) is 8.42 Å². The molecule has 0 fully saturated rings. The summed E-state index contributed by atoms with van der Waals surface area (Å²) >= 11 is 0. The highest BCUT2D eigenvalue weighted by Crippen LogP contribution is 2.19. The molecule has 7 nitrogen and oxygen atoms in total. The van der Waals surface area contributed by atoms with Gasteiger partial charge in [0.25, 0.3) is 10.1 Å². The predicted molar refractivity (Wildman–Crippen MR) is 66.0 cm³/mol. The van der Waals surface area contributed by atoms with Crippen LogP contribution in [0.15, 0.2) is 12.3 Å². The number of nitrogens with zero attached hydrogens (tertiary/aromatic N) is 2. The number of rotatable bonds is 3. The van der Waals surface area contributed by atoms with Gasteiger partial charge in [0, 0.05) is 19.3 Å². The Balaban J connectivity index is 2.14. The van der Waals surface area contributed by atoms with Crippen LogP contribution in [0.2, 0.25) is 0 Å². The normalized spacial score (nSPS) is 15.1. The Labute approximate surface area is 110 Å². The molecule has 0 saturated carbocycles. The van der Waals surface area contributed by atoms with Crippen molar-refractivity contribution in [3.63, 3.8) is 0 Å². The molecular weight excluding hydrogens is 272 g/mol. The van der Waals surface area contributed by atoms with Gasteiger partial charge >= 0.3 is 6.09 Å². The van der Waals surface area contributed by atoms with Crippen LogP contribution < -0.4 is 0 Å². The van der Waals surface area contributed by atoms with Crippen molar-refractivity contribution in [2.24, 2.45) is 0 Å². The second-order valence-corrected chi connectivity index (χ2v) is 6.01. The molecule has 0 aliphatic carbocycles. The van der Waals surface area contributed by atoms with Crippen LogP contribution in [0, 0.1) is 0 Å². The van der Waals surface area contributed by atoms with Crippen LogP contribution in [0.5, 0.6) is 0 Å². The van der Waals surface area contributed by atoms with E-state index in [1.165, 1.54) is 4.90 Å². The summed E-state index contributed by atoms with van der Waals surface area (Å²) in [5.74, 6) is 0. The van der Waals surface area contributed by atoms with E-state index < -0.39 is 16.2 Å². The third kappa shape index (κ3) is 3.65. The van der Waals surface area contributed by atoms with E-state index in [1.807, 2.05) is 0 Å². The maximum Gasteiger partial charge on any atom is 0.407 e. The molecule has 19 heavy (non-hydrogen) atoms. The standard InChI is InChI=1S/C11H14N2O5S/c1-19(16,17)18-7-10-4-9-6-13(11(14)15)3-2-8(9)5-12-10/h4-5H,2-3,6-7H2,1H3,(H,14,15). The van der Waals surface area contributed by atoms with Crippen LogP contribution in [0.3, 0.4) is 0 Å². The van der Waals surface area contributed by atoms with E-state index in [0.29, 0.717) is 25.2 Å². The quantitative estimate of drug-likeness (QED) is 0.817. The number of aromatic nitrogens is 1. The summed E-state index contributed by atoms with van der Waals surface area (Å²) in [6.07, 6.45) is 2.27. The summed E-state index contributed by atoms with van der Waals surface area (Å²) in [4.78, 5) is 16.3. The largest absolute Gasteiger partial charge is 0.465 e. The molecular formula is C11H14N2O5S. The lowest BCUT2D eigenvalue weighted by molar-refractivity contribution is 0.140. The number of hydrogen-bond acceptors (Lipinski definition) is 5. The second kappa shape index (κ2) is 5.14. The lowest BCUT2D eigenvalue weighted by atomic mass is 10.0. The average Bonchev–Trinajstić information content (AvgIpc) is 2.34. The topological polar surface area (TPSA) is 96.8 Å². The van der Waals surface area contributed by atoms with Gasteiger partial charge in [0.15, 0.2) is 0 Å². The van der Waals surface area contributed by atoms with Crippen LogP contribution in [0.1, 0.15) is 16.8 Å². The highest BCUT2D eigenvalue weighted by Gasteiger charge is 2.20. The number of carboxylic acid groups (broad SMARTS) is 1. The van der Waals surface area contributed by atoms with E-state index in [4.69, 9.17) is 5.11 Å². The highest BCUT2D eigenvalue weighted by molar-refractivity contribution is 7.85. The molecule has 0 unspecified atom stereocenters. The first-order valence-corrected chi connectivity index (χ1v) is 7.46. The van der Waals surface area contributed by atoms with E-state index in [-0.39, 0.29) is 6.61 Å². The van der Waals surface area contributed by atoms with Gasteiger partial charge in [-0.05, 0) is 23.6 Å². The monoisotopic (exact) mass is 286 g/mol. The number of carbonyl (C=O) groups is 1. The Hall–Kier alpha value is -1.67. The van der Waals surface area contributed by atoms with E-state index >= 15 is 0 Å². The second-order valence-electron chi connectivity index (χ2n) is 4.36. The minimum Gasteiger partial charge on any atom is -0.465 e. The first-order valence-electron chi connectivity index (χ1n) is 5.64. The molecule has 0 atom stereocenters. The summed E-state index contributed by atoms with van der Waals surface area (Å²) in [7, 11) is -3.51. The molecule has 1 N–H and O–H groups in total. The molecule has 104 valence electrons. The number of hydrogen-bond donors (Lipinski definition) is 1. The molecule has 2 heterocycles. The fourth-order valence-corrected chi connectivity index (χ4v) is 2.23. The average molecular weight is 286 g/mol. The molecule has 1 aromatic heterocycles. The maximum absolute atomic E-state index is 10.9. The summed E-state index contributed by atoms with van der Waals surface area (Å²) in [6.45, 7) is 0.599. The van der Waals surface area contributed by atoms with E-state index in [1.54, 1.807) is 12.3 Å².